The highest BCUT2D eigenvalue weighted by Crippen LogP contribution is 2.38. The van der Waals surface area contributed by atoms with Gasteiger partial charge in [-0.2, -0.15) is 0 Å². The van der Waals surface area contributed by atoms with Gasteiger partial charge >= 0.3 is 5.97 Å². The van der Waals surface area contributed by atoms with Gasteiger partial charge in [-0.15, -0.1) is 0 Å². The van der Waals surface area contributed by atoms with E-state index in [9.17, 15) is 9.59 Å². The molecule has 1 aromatic rings. The second kappa shape index (κ2) is 6.93. The first-order chi connectivity index (χ1) is 11.4. The fourth-order valence-electron chi connectivity index (χ4n) is 3.98. The molecule has 130 valence electrons. The van der Waals surface area contributed by atoms with Crippen molar-refractivity contribution in [2.45, 2.75) is 45.1 Å². The number of aliphatic carboxylic acids is 1. The molecule has 2 aliphatic rings. The van der Waals surface area contributed by atoms with E-state index in [1.54, 1.807) is 6.07 Å². The molecule has 6 heteroatoms. The molecule has 0 bridgehead atoms. The molecular formula is C18H21Cl2NO3. The van der Waals surface area contributed by atoms with Gasteiger partial charge in [0.1, 0.15) is 0 Å². The molecular weight excluding hydrogens is 349 g/mol. The average Bonchev–Trinajstić information content (AvgIpc) is 2.55. The summed E-state index contributed by atoms with van der Waals surface area (Å²) in [5.74, 6) is -0.982. The number of amides is 1. The highest BCUT2D eigenvalue weighted by atomic mass is 35.5. The monoisotopic (exact) mass is 369 g/mol. The van der Waals surface area contributed by atoms with Crippen LogP contribution in [-0.2, 0) is 16.0 Å². The summed E-state index contributed by atoms with van der Waals surface area (Å²) in [4.78, 5) is 25.9. The van der Waals surface area contributed by atoms with Crippen molar-refractivity contribution in [3.05, 3.63) is 33.3 Å². The zero-order chi connectivity index (χ0) is 17.4. The number of carbonyl (C=O) groups excluding carboxylic acids is 1. The van der Waals surface area contributed by atoms with Crippen LogP contribution in [0.1, 0.15) is 49.8 Å². The number of fused-ring (bicyclic) bond motifs is 1. The summed E-state index contributed by atoms with van der Waals surface area (Å²) >= 11 is 12.4. The van der Waals surface area contributed by atoms with Crippen molar-refractivity contribution >= 4 is 35.1 Å². The molecule has 0 spiro atoms. The Morgan fingerprint density at radius 2 is 1.75 bits per heavy atom. The molecule has 1 atom stereocenters. The molecule has 4 nitrogen and oxygen atoms in total. The molecule has 1 unspecified atom stereocenters. The van der Waals surface area contributed by atoms with Crippen LogP contribution in [-0.4, -0.2) is 28.4 Å². The summed E-state index contributed by atoms with van der Waals surface area (Å²) in [7, 11) is 0. The molecule has 1 aliphatic heterocycles. The third-order valence-corrected chi connectivity index (χ3v) is 5.98. The maximum Gasteiger partial charge on any atom is 0.306 e. The number of hydrogen-bond acceptors (Lipinski definition) is 2. The van der Waals surface area contributed by atoms with Gasteiger partial charge in [0.05, 0.1) is 12.0 Å². The third kappa shape index (κ3) is 3.27. The smallest absolute Gasteiger partial charge is 0.306 e. The molecule has 0 saturated heterocycles. The number of rotatable bonds is 2. The highest BCUT2D eigenvalue weighted by molar-refractivity contribution is 6.35. The lowest BCUT2D eigenvalue weighted by molar-refractivity contribution is -0.146. The SMILES string of the molecule is CC1c2cc(Cl)cc(Cl)c2CCN1C(=O)C1CCC(C(=O)O)CC1. The zero-order valence-corrected chi connectivity index (χ0v) is 15.1. The molecule has 1 aliphatic carbocycles. The minimum atomic E-state index is -0.745. The van der Waals surface area contributed by atoms with E-state index in [0.717, 1.165) is 17.5 Å². The van der Waals surface area contributed by atoms with Crippen LogP contribution in [0.2, 0.25) is 10.0 Å². The number of benzene rings is 1. The van der Waals surface area contributed by atoms with E-state index in [1.807, 2.05) is 17.9 Å². The number of nitrogens with zero attached hydrogens (tertiary/aromatic N) is 1. The largest absolute Gasteiger partial charge is 0.481 e. The van der Waals surface area contributed by atoms with Crippen molar-refractivity contribution in [1.29, 1.82) is 0 Å². The average molecular weight is 370 g/mol. The van der Waals surface area contributed by atoms with Gasteiger partial charge in [-0.3, -0.25) is 9.59 Å². The first-order valence-corrected chi connectivity index (χ1v) is 9.15. The molecule has 1 heterocycles. The number of hydrogen-bond donors (Lipinski definition) is 1. The van der Waals surface area contributed by atoms with Crippen LogP contribution in [0.3, 0.4) is 0 Å². The lowest BCUT2D eigenvalue weighted by Crippen LogP contribution is -2.43. The van der Waals surface area contributed by atoms with E-state index >= 15 is 0 Å². The minimum absolute atomic E-state index is 0.0605. The summed E-state index contributed by atoms with van der Waals surface area (Å²) in [6.07, 6.45) is 3.21. The molecule has 1 saturated carbocycles. The van der Waals surface area contributed by atoms with Crippen molar-refractivity contribution < 1.29 is 14.7 Å². The number of carboxylic acids is 1. The summed E-state index contributed by atoms with van der Waals surface area (Å²) in [5, 5.41) is 10.3. The lowest BCUT2D eigenvalue weighted by Gasteiger charge is -2.39. The molecule has 1 N–H and O–H groups in total. The second-order valence-corrected chi connectivity index (χ2v) is 7.64. The Kier molecular flexibility index (Phi) is 5.07. The van der Waals surface area contributed by atoms with Crippen LogP contribution in [0.5, 0.6) is 0 Å². The van der Waals surface area contributed by atoms with Gasteiger partial charge in [-0.25, -0.2) is 0 Å². The van der Waals surface area contributed by atoms with Crippen LogP contribution in [0.25, 0.3) is 0 Å². The summed E-state index contributed by atoms with van der Waals surface area (Å²) in [6, 6.07) is 3.59. The topological polar surface area (TPSA) is 57.6 Å². The van der Waals surface area contributed by atoms with Gasteiger partial charge < -0.3 is 10.0 Å². The van der Waals surface area contributed by atoms with Crippen molar-refractivity contribution in [3.63, 3.8) is 0 Å². The molecule has 1 amide bonds. The number of halogens is 2. The van der Waals surface area contributed by atoms with Crippen molar-refractivity contribution in [3.8, 4) is 0 Å². The van der Waals surface area contributed by atoms with Gasteiger partial charge in [0, 0.05) is 22.5 Å². The predicted octanol–water partition coefficient (Wildman–Crippen LogP) is 4.33. The van der Waals surface area contributed by atoms with Crippen LogP contribution in [0.15, 0.2) is 12.1 Å². The molecule has 24 heavy (non-hydrogen) atoms. The molecule has 0 aromatic heterocycles. The molecule has 1 fully saturated rings. The second-order valence-electron chi connectivity index (χ2n) is 6.80. The van der Waals surface area contributed by atoms with Gasteiger partial charge in [-0.1, -0.05) is 23.2 Å². The Labute approximate surface area is 151 Å². The van der Waals surface area contributed by atoms with Crippen molar-refractivity contribution in [2.75, 3.05) is 6.54 Å². The van der Waals surface area contributed by atoms with Crippen LogP contribution in [0.4, 0.5) is 0 Å². The normalized spacial score (nSPS) is 26.8. The van der Waals surface area contributed by atoms with Gasteiger partial charge in [0.2, 0.25) is 5.91 Å². The maximum absolute atomic E-state index is 12.9. The maximum atomic E-state index is 12.9. The highest BCUT2D eigenvalue weighted by Gasteiger charge is 2.36. The minimum Gasteiger partial charge on any atom is -0.481 e. The van der Waals surface area contributed by atoms with Crippen LogP contribution in [0, 0.1) is 11.8 Å². The lowest BCUT2D eigenvalue weighted by atomic mass is 9.80. The van der Waals surface area contributed by atoms with Crippen molar-refractivity contribution in [2.24, 2.45) is 11.8 Å². The Hall–Kier alpha value is -1.26. The molecule has 3 rings (SSSR count). The van der Waals surface area contributed by atoms with Gasteiger partial charge in [-0.05, 0) is 62.3 Å². The third-order valence-electron chi connectivity index (χ3n) is 5.42. The Balaban J connectivity index is 1.74. The standard InChI is InChI=1S/C18H21Cl2NO3/c1-10-15-8-13(19)9-16(20)14(15)6-7-21(10)17(22)11-2-4-12(5-3-11)18(23)24/h8-12H,2-7H2,1H3,(H,23,24). The zero-order valence-electron chi connectivity index (χ0n) is 13.6. The first kappa shape index (κ1) is 17.6. The van der Waals surface area contributed by atoms with Crippen LogP contribution >= 0.6 is 23.2 Å². The summed E-state index contributed by atoms with van der Waals surface area (Å²) in [6.45, 7) is 2.65. The van der Waals surface area contributed by atoms with E-state index < -0.39 is 5.97 Å². The quantitative estimate of drug-likeness (QED) is 0.843. The van der Waals surface area contributed by atoms with E-state index in [-0.39, 0.29) is 23.8 Å². The molecule has 0 radical (unpaired) electrons. The van der Waals surface area contributed by atoms with Crippen molar-refractivity contribution in [1.82, 2.24) is 4.90 Å². The van der Waals surface area contributed by atoms with Crippen LogP contribution < -0.4 is 0 Å². The van der Waals surface area contributed by atoms with E-state index in [4.69, 9.17) is 28.3 Å². The van der Waals surface area contributed by atoms with E-state index in [1.165, 1.54) is 0 Å². The fourth-order valence-corrected chi connectivity index (χ4v) is 4.58. The summed E-state index contributed by atoms with van der Waals surface area (Å²) < 4.78 is 0. The number of carbonyl (C=O) groups is 2. The Morgan fingerprint density at radius 1 is 1.12 bits per heavy atom. The van der Waals surface area contributed by atoms with E-state index in [2.05, 4.69) is 0 Å². The fraction of sp³-hybridized carbons (Fsp3) is 0.556. The van der Waals surface area contributed by atoms with Gasteiger partial charge in [0.15, 0.2) is 0 Å². The molecule has 1 aromatic carbocycles. The van der Waals surface area contributed by atoms with E-state index in [0.29, 0.717) is 42.3 Å². The predicted molar refractivity (Wildman–Crippen MR) is 93.4 cm³/mol. The Morgan fingerprint density at radius 3 is 2.38 bits per heavy atom. The number of carboxylic acid groups (broad SMARTS) is 1. The first-order valence-electron chi connectivity index (χ1n) is 8.39. The summed E-state index contributed by atoms with van der Waals surface area (Å²) in [5.41, 5.74) is 2.10. The van der Waals surface area contributed by atoms with Gasteiger partial charge in [0.25, 0.3) is 0 Å². The Bertz CT molecular complexity index is 668.